The minimum atomic E-state index is -0.607. The van der Waals surface area contributed by atoms with E-state index in [1.54, 1.807) is 48.5 Å². The SMILES string of the molecule is CCCCCCCCCCCCCCC(=O)Oc1ccc2nc(-c3ccc(-c4nc5ccc(OC(=O)CCCCCCCCCCCCCC)cc5c(=O)o4)cc3)oc(=O)c2c1. The third-order valence-corrected chi connectivity index (χ3v) is 11.5. The van der Waals surface area contributed by atoms with Gasteiger partial charge in [-0.15, -0.1) is 0 Å². The normalized spacial score (nSPS) is 11.4. The average Bonchev–Trinajstić information content (AvgIpc) is 3.27. The van der Waals surface area contributed by atoms with Crippen LogP contribution < -0.4 is 20.7 Å². The highest BCUT2D eigenvalue weighted by Crippen LogP contribution is 2.27. The van der Waals surface area contributed by atoms with E-state index >= 15 is 0 Å². The number of rotatable bonds is 30. The van der Waals surface area contributed by atoms with E-state index in [1.807, 2.05) is 0 Å². The standard InChI is InChI=1S/C52H68N2O8/c1-3-5-7-9-11-13-15-17-19-21-23-25-27-47(55)59-41-33-35-45-43(37-41)51(57)61-49(53-45)39-29-31-40(32-30-39)50-54-46-36-34-42(38-44(46)52(58)62-50)60-48(56)28-26-24-22-20-18-16-14-12-10-8-6-4-2/h29-38H,3-28H2,1-2H3. The number of aromatic nitrogens is 2. The van der Waals surface area contributed by atoms with E-state index in [1.165, 1.54) is 128 Å². The van der Waals surface area contributed by atoms with Crippen molar-refractivity contribution >= 4 is 33.7 Å². The van der Waals surface area contributed by atoms with Gasteiger partial charge in [0.2, 0.25) is 11.8 Å². The summed E-state index contributed by atoms with van der Waals surface area (Å²) in [6.45, 7) is 4.49. The molecule has 0 aliphatic rings. The van der Waals surface area contributed by atoms with Crippen LogP contribution in [0.1, 0.15) is 181 Å². The summed E-state index contributed by atoms with van der Waals surface area (Å²) in [6.07, 6.45) is 29.9. The number of fused-ring (bicyclic) bond motifs is 2. The maximum absolute atomic E-state index is 13.0. The van der Waals surface area contributed by atoms with Crippen LogP contribution in [0.2, 0.25) is 0 Å². The van der Waals surface area contributed by atoms with Crippen LogP contribution in [-0.4, -0.2) is 21.9 Å². The fourth-order valence-electron chi connectivity index (χ4n) is 7.82. The number of hydrogen-bond donors (Lipinski definition) is 0. The summed E-state index contributed by atoms with van der Waals surface area (Å²) < 4.78 is 22.2. The van der Waals surface area contributed by atoms with Crippen LogP contribution in [0.3, 0.4) is 0 Å². The molecule has 5 aromatic rings. The number of benzene rings is 3. The van der Waals surface area contributed by atoms with Crippen molar-refractivity contribution in [1.82, 2.24) is 9.97 Å². The van der Waals surface area contributed by atoms with E-state index in [0.29, 0.717) is 35.0 Å². The summed E-state index contributed by atoms with van der Waals surface area (Å²) in [5, 5.41) is 0.418. The first-order valence-corrected chi connectivity index (χ1v) is 23.8. The predicted molar refractivity (Wildman–Crippen MR) is 248 cm³/mol. The maximum atomic E-state index is 13.0. The molecule has 0 unspecified atom stereocenters. The van der Waals surface area contributed by atoms with E-state index in [4.69, 9.17) is 18.3 Å². The van der Waals surface area contributed by atoms with Crippen molar-refractivity contribution in [3.8, 4) is 34.4 Å². The van der Waals surface area contributed by atoms with Gasteiger partial charge in [-0.05, 0) is 73.5 Å². The van der Waals surface area contributed by atoms with Gasteiger partial charge in [-0.2, -0.15) is 0 Å². The maximum Gasteiger partial charge on any atom is 0.347 e. The van der Waals surface area contributed by atoms with Crippen molar-refractivity contribution in [2.24, 2.45) is 0 Å². The number of ether oxygens (including phenoxy) is 2. The molecule has 0 aliphatic carbocycles. The highest BCUT2D eigenvalue weighted by molar-refractivity contribution is 5.83. The topological polar surface area (TPSA) is 139 Å². The van der Waals surface area contributed by atoms with Gasteiger partial charge in [-0.1, -0.05) is 155 Å². The molecule has 0 radical (unpaired) electrons. The molecule has 2 heterocycles. The average molecular weight is 849 g/mol. The largest absolute Gasteiger partial charge is 0.427 e. The Hall–Kier alpha value is -5.12. The molecule has 0 atom stereocenters. The first kappa shape index (κ1) is 47.9. The first-order valence-electron chi connectivity index (χ1n) is 23.8. The van der Waals surface area contributed by atoms with Gasteiger partial charge in [0.15, 0.2) is 0 Å². The van der Waals surface area contributed by atoms with E-state index in [0.717, 1.165) is 38.5 Å². The first-order chi connectivity index (χ1) is 30.3. The fourth-order valence-corrected chi connectivity index (χ4v) is 7.82. The smallest absolute Gasteiger partial charge is 0.347 e. The summed E-state index contributed by atoms with van der Waals surface area (Å²) >= 11 is 0. The molecule has 5 rings (SSSR count). The molecule has 0 N–H and O–H groups in total. The zero-order chi connectivity index (χ0) is 43.8. The summed E-state index contributed by atoms with van der Waals surface area (Å²) in [4.78, 5) is 60.2. The zero-order valence-corrected chi connectivity index (χ0v) is 37.3. The van der Waals surface area contributed by atoms with Crippen LogP contribution >= 0.6 is 0 Å². The summed E-state index contributed by atoms with van der Waals surface area (Å²) in [5.41, 5.74) is 0.650. The number of nitrogens with zero attached hydrogens (tertiary/aromatic N) is 2. The number of hydrogen-bond acceptors (Lipinski definition) is 10. The molecule has 10 nitrogen and oxygen atoms in total. The lowest BCUT2D eigenvalue weighted by atomic mass is 10.0. The Labute approximate surface area is 367 Å². The van der Waals surface area contributed by atoms with Crippen LogP contribution in [-0.2, 0) is 9.59 Å². The van der Waals surface area contributed by atoms with Crippen molar-refractivity contribution in [2.75, 3.05) is 0 Å². The van der Waals surface area contributed by atoms with Crippen LogP contribution in [0.15, 0.2) is 79.1 Å². The number of esters is 2. The molecule has 0 aliphatic heterocycles. The van der Waals surface area contributed by atoms with Crippen molar-refractivity contribution in [2.45, 2.75) is 181 Å². The molecular formula is C52H68N2O8. The summed E-state index contributed by atoms with van der Waals surface area (Å²) in [5.74, 6) is 0.124. The van der Waals surface area contributed by atoms with Gasteiger partial charge >= 0.3 is 23.2 Å². The van der Waals surface area contributed by atoms with Gasteiger partial charge in [-0.25, -0.2) is 19.6 Å². The monoisotopic (exact) mass is 848 g/mol. The molecule has 334 valence electrons. The summed E-state index contributed by atoms with van der Waals surface area (Å²) in [7, 11) is 0. The van der Waals surface area contributed by atoms with Crippen LogP contribution in [0.4, 0.5) is 0 Å². The lowest BCUT2D eigenvalue weighted by Gasteiger charge is -2.07. The van der Waals surface area contributed by atoms with Crippen molar-refractivity contribution in [3.05, 3.63) is 81.5 Å². The number of unbranched alkanes of at least 4 members (excludes halogenated alkanes) is 22. The molecule has 0 saturated heterocycles. The molecule has 0 saturated carbocycles. The van der Waals surface area contributed by atoms with Gasteiger partial charge in [-0.3, -0.25) is 9.59 Å². The second-order valence-corrected chi connectivity index (χ2v) is 16.8. The minimum Gasteiger partial charge on any atom is -0.427 e. The zero-order valence-electron chi connectivity index (χ0n) is 37.3. The predicted octanol–water partition coefficient (Wildman–Crippen LogP) is 14.0. The molecule has 62 heavy (non-hydrogen) atoms. The Balaban J connectivity index is 1.05. The van der Waals surface area contributed by atoms with E-state index in [2.05, 4.69) is 23.8 Å². The molecule has 0 fully saturated rings. The van der Waals surface area contributed by atoms with Crippen LogP contribution in [0, 0.1) is 0 Å². The molecule has 0 spiro atoms. The van der Waals surface area contributed by atoms with Crippen LogP contribution in [0.25, 0.3) is 44.7 Å². The molecule has 3 aromatic carbocycles. The third kappa shape index (κ3) is 16.3. The Morgan fingerprint density at radius 3 is 1.06 bits per heavy atom. The van der Waals surface area contributed by atoms with Gasteiger partial charge in [0.05, 0.1) is 21.8 Å². The Morgan fingerprint density at radius 2 is 0.742 bits per heavy atom. The summed E-state index contributed by atoms with van der Waals surface area (Å²) in [6, 6.07) is 16.3. The molecular weight excluding hydrogens is 781 g/mol. The quantitative estimate of drug-likeness (QED) is 0.0249. The van der Waals surface area contributed by atoms with Crippen LogP contribution in [0.5, 0.6) is 11.5 Å². The van der Waals surface area contributed by atoms with Crippen molar-refractivity contribution in [3.63, 3.8) is 0 Å². The number of carbonyl (C=O) groups is 2. The van der Waals surface area contributed by atoms with E-state index < -0.39 is 11.3 Å². The number of carbonyl (C=O) groups excluding carboxylic acids is 2. The lowest BCUT2D eigenvalue weighted by Crippen LogP contribution is -2.09. The minimum absolute atomic E-state index is 0.111. The lowest BCUT2D eigenvalue weighted by molar-refractivity contribution is -0.135. The Bertz CT molecular complexity index is 2080. The molecule has 0 amide bonds. The Morgan fingerprint density at radius 1 is 0.435 bits per heavy atom. The highest BCUT2D eigenvalue weighted by Gasteiger charge is 2.15. The Kier molecular flexibility index (Phi) is 20.9. The molecule has 0 bridgehead atoms. The van der Waals surface area contributed by atoms with Gasteiger partial charge in [0, 0.05) is 24.0 Å². The second kappa shape index (κ2) is 27.0. The van der Waals surface area contributed by atoms with E-state index in [-0.39, 0.29) is 46.0 Å². The highest BCUT2D eigenvalue weighted by atomic mass is 16.5. The second-order valence-electron chi connectivity index (χ2n) is 16.8. The van der Waals surface area contributed by atoms with Gasteiger partial charge in [0.25, 0.3) is 0 Å². The molecule has 2 aromatic heterocycles. The van der Waals surface area contributed by atoms with Gasteiger partial charge in [0.1, 0.15) is 11.5 Å². The molecule has 10 heteroatoms. The third-order valence-electron chi connectivity index (χ3n) is 11.5. The van der Waals surface area contributed by atoms with E-state index in [9.17, 15) is 19.2 Å². The van der Waals surface area contributed by atoms with Crippen molar-refractivity contribution < 1.29 is 27.9 Å². The fraction of sp³-hybridized carbons (Fsp3) is 0.538. The van der Waals surface area contributed by atoms with Gasteiger partial charge < -0.3 is 18.3 Å². The van der Waals surface area contributed by atoms with Crippen molar-refractivity contribution in [1.29, 1.82) is 0 Å².